The minimum absolute atomic E-state index is 0.106. The summed E-state index contributed by atoms with van der Waals surface area (Å²) in [6.07, 6.45) is 2.58. The van der Waals surface area contributed by atoms with E-state index in [9.17, 15) is 4.79 Å². The van der Waals surface area contributed by atoms with E-state index in [1.165, 1.54) is 24.2 Å². The number of hydrogen-bond donors (Lipinski definition) is 2. The minimum atomic E-state index is -0.106. The fourth-order valence-corrected chi connectivity index (χ4v) is 2.30. The highest BCUT2D eigenvalue weighted by Gasteiger charge is 2.25. The average Bonchev–Trinajstić information content (AvgIpc) is 3.06. The van der Waals surface area contributed by atoms with Gasteiger partial charge in [-0.2, -0.15) is 0 Å². The van der Waals surface area contributed by atoms with Crippen molar-refractivity contribution < 1.29 is 4.79 Å². The van der Waals surface area contributed by atoms with E-state index in [0.29, 0.717) is 18.8 Å². The molecule has 1 aromatic rings. The normalized spacial score (nSPS) is 15.2. The number of thiazole rings is 1. The molecule has 1 amide bonds. The molecule has 0 aromatic carbocycles. The quantitative estimate of drug-likeness (QED) is 0.772. The second kappa shape index (κ2) is 5.57. The summed E-state index contributed by atoms with van der Waals surface area (Å²) < 4.78 is 0. The maximum absolute atomic E-state index is 11.7. The molecular weight excluding hydrogens is 236 g/mol. The van der Waals surface area contributed by atoms with Crippen molar-refractivity contribution >= 4 is 17.2 Å². The van der Waals surface area contributed by atoms with E-state index < -0.39 is 0 Å². The summed E-state index contributed by atoms with van der Waals surface area (Å²) in [5.41, 5.74) is 5.93. The Kier molecular flexibility index (Phi) is 4.09. The summed E-state index contributed by atoms with van der Waals surface area (Å²) in [6, 6.07) is 0.731. The van der Waals surface area contributed by atoms with Gasteiger partial charge < -0.3 is 16.0 Å². The Morgan fingerprint density at radius 2 is 2.47 bits per heavy atom. The van der Waals surface area contributed by atoms with Crippen LogP contribution in [-0.2, 0) is 6.54 Å². The predicted octanol–water partition coefficient (Wildman–Crippen LogP) is 0.426. The highest BCUT2D eigenvalue weighted by molar-refractivity contribution is 7.09. The van der Waals surface area contributed by atoms with Crippen LogP contribution in [0.25, 0.3) is 0 Å². The van der Waals surface area contributed by atoms with Crippen molar-refractivity contribution in [1.29, 1.82) is 0 Å². The molecule has 0 aliphatic heterocycles. The zero-order valence-electron chi connectivity index (χ0n) is 9.98. The number of hydrogen-bond acceptors (Lipinski definition) is 5. The lowest BCUT2D eigenvalue weighted by atomic mass is 10.4. The van der Waals surface area contributed by atoms with Crippen molar-refractivity contribution in [2.24, 2.45) is 5.73 Å². The first-order valence-corrected chi connectivity index (χ1v) is 6.71. The van der Waals surface area contributed by atoms with Crippen molar-refractivity contribution in [2.45, 2.75) is 25.4 Å². The van der Waals surface area contributed by atoms with Crippen molar-refractivity contribution in [3.05, 3.63) is 16.1 Å². The summed E-state index contributed by atoms with van der Waals surface area (Å²) >= 11 is 1.43. The van der Waals surface area contributed by atoms with Gasteiger partial charge in [0.05, 0.1) is 0 Å². The Balaban J connectivity index is 1.72. The fraction of sp³-hybridized carbons (Fsp3) is 0.636. The zero-order valence-corrected chi connectivity index (χ0v) is 10.8. The average molecular weight is 254 g/mol. The van der Waals surface area contributed by atoms with E-state index in [4.69, 9.17) is 5.73 Å². The molecule has 0 radical (unpaired) electrons. The van der Waals surface area contributed by atoms with E-state index in [0.717, 1.165) is 17.6 Å². The van der Waals surface area contributed by atoms with E-state index in [-0.39, 0.29) is 5.91 Å². The second-order valence-corrected chi connectivity index (χ2v) is 5.24. The van der Waals surface area contributed by atoms with Gasteiger partial charge in [0.15, 0.2) is 0 Å². The molecule has 1 fully saturated rings. The fourth-order valence-electron chi connectivity index (χ4n) is 1.64. The summed E-state index contributed by atoms with van der Waals surface area (Å²) in [4.78, 5) is 18.1. The Morgan fingerprint density at radius 3 is 3.06 bits per heavy atom. The van der Waals surface area contributed by atoms with Crippen LogP contribution >= 0.6 is 11.3 Å². The van der Waals surface area contributed by atoms with Gasteiger partial charge in [0, 0.05) is 31.1 Å². The molecule has 0 atom stereocenters. The number of nitrogens with zero attached hydrogens (tertiary/aromatic N) is 2. The van der Waals surface area contributed by atoms with Crippen LogP contribution in [0.3, 0.4) is 0 Å². The van der Waals surface area contributed by atoms with Crippen LogP contribution in [0.5, 0.6) is 0 Å². The van der Waals surface area contributed by atoms with Gasteiger partial charge in [-0.05, 0) is 19.9 Å². The van der Waals surface area contributed by atoms with E-state index in [2.05, 4.69) is 22.2 Å². The molecule has 0 spiro atoms. The van der Waals surface area contributed by atoms with Gasteiger partial charge in [-0.15, -0.1) is 11.3 Å². The highest BCUT2D eigenvalue weighted by Crippen LogP contribution is 2.24. The molecule has 6 heteroatoms. The number of aromatic nitrogens is 1. The monoisotopic (exact) mass is 254 g/mol. The van der Waals surface area contributed by atoms with Gasteiger partial charge in [0.25, 0.3) is 5.91 Å². The number of nitrogens with two attached hydrogens (primary N) is 1. The van der Waals surface area contributed by atoms with Crippen molar-refractivity contribution in [1.82, 2.24) is 15.2 Å². The Bertz CT molecular complexity index is 389. The molecule has 2 rings (SSSR count). The molecule has 0 saturated heterocycles. The summed E-state index contributed by atoms with van der Waals surface area (Å²) in [6.45, 7) is 1.95. The first-order chi connectivity index (χ1) is 8.20. The molecule has 94 valence electrons. The Hall–Kier alpha value is -0.980. The van der Waals surface area contributed by atoms with Gasteiger partial charge in [0.2, 0.25) is 0 Å². The maximum Gasteiger partial charge on any atom is 0.270 e. The molecule has 1 aliphatic rings. The molecule has 1 heterocycles. The summed E-state index contributed by atoms with van der Waals surface area (Å²) in [5.74, 6) is -0.106. The highest BCUT2D eigenvalue weighted by atomic mass is 32.1. The third-order valence-corrected chi connectivity index (χ3v) is 3.75. The Morgan fingerprint density at radius 1 is 1.71 bits per heavy atom. The van der Waals surface area contributed by atoms with Crippen LogP contribution in [-0.4, -0.2) is 42.0 Å². The largest absolute Gasteiger partial charge is 0.349 e. The standard InChI is InChI=1S/C11H18N4OS/c1-15(8-2-3-8)5-4-13-11(16)9-7-17-10(6-12)14-9/h7-8H,2-6,12H2,1H3,(H,13,16). The van der Waals surface area contributed by atoms with Gasteiger partial charge in [-0.3, -0.25) is 4.79 Å². The number of rotatable bonds is 6. The van der Waals surface area contributed by atoms with Crippen LogP contribution in [0.15, 0.2) is 5.38 Å². The van der Waals surface area contributed by atoms with Gasteiger partial charge >= 0.3 is 0 Å². The lowest BCUT2D eigenvalue weighted by Gasteiger charge is -2.15. The first kappa shape index (κ1) is 12.5. The van der Waals surface area contributed by atoms with Gasteiger partial charge in [-0.1, -0.05) is 0 Å². The lowest BCUT2D eigenvalue weighted by molar-refractivity contribution is 0.0945. The van der Waals surface area contributed by atoms with Crippen LogP contribution in [0.4, 0.5) is 0 Å². The number of amides is 1. The van der Waals surface area contributed by atoms with Crippen molar-refractivity contribution in [3.8, 4) is 0 Å². The third-order valence-electron chi connectivity index (χ3n) is 2.88. The van der Waals surface area contributed by atoms with Gasteiger partial charge in [-0.25, -0.2) is 4.98 Å². The number of likely N-dealkylation sites (N-methyl/N-ethyl adjacent to an activating group) is 1. The summed E-state index contributed by atoms with van der Waals surface area (Å²) in [5, 5.41) is 5.42. The van der Waals surface area contributed by atoms with Crippen molar-refractivity contribution in [3.63, 3.8) is 0 Å². The van der Waals surface area contributed by atoms with Gasteiger partial charge in [0.1, 0.15) is 10.7 Å². The molecule has 1 aliphatic carbocycles. The molecule has 3 N–H and O–H groups in total. The van der Waals surface area contributed by atoms with Crippen LogP contribution in [0.1, 0.15) is 28.3 Å². The van der Waals surface area contributed by atoms with E-state index >= 15 is 0 Å². The lowest BCUT2D eigenvalue weighted by Crippen LogP contribution is -2.34. The molecular formula is C11H18N4OS. The second-order valence-electron chi connectivity index (χ2n) is 4.30. The zero-order chi connectivity index (χ0) is 12.3. The minimum Gasteiger partial charge on any atom is -0.349 e. The van der Waals surface area contributed by atoms with Crippen molar-refractivity contribution in [2.75, 3.05) is 20.1 Å². The first-order valence-electron chi connectivity index (χ1n) is 5.83. The molecule has 1 saturated carbocycles. The molecule has 5 nitrogen and oxygen atoms in total. The molecule has 17 heavy (non-hydrogen) atoms. The topological polar surface area (TPSA) is 71.2 Å². The molecule has 0 bridgehead atoms. The van der Waals surface area contributed by atoms with Crippen LogP contribution < -0.4 is 11.1 Å². The molecule has 0 unspecified atom stereocenters. The molecule has 1 aromatic heterocycles. The number of carbonyl (C=O) groups excluding carboxylic acids is 1. The third kappa shape index (κ3) is 3.49. The number of carbonyl (C=O) groups is 1. The van der Waals surface area contributed by atoms with Crippen LogP contribution in [0, 0.1) is 0 Å². The van der Waals surface area contributed by atoms with E-state index in [1.807, 2.05) is 0 Å². The SMILES string of the molecule is CN(CCNC(=O)c1csc(CN)n1)C1CC1. The maximum atomic E-state index is 11.7. The summed E-state index contributed by atoms with van der Waals surface area (Å²) in [7, 11) is 2.10. The van der Waals surface area contributed by atoms with E-state index in [1.54, 1.807) is 5.38 Å². The predicted molar refractivity (Wildman–Crippen MR) is 68.0 cm³/mol. The Labute approximate surface area is 105 Å². The van der Waals surface area contributed by atoms with Crippen LogP contribution in [0.2, 0.25) is 0 Å². The smallest absolute Gasteiger partial charge is 0.270 e. The number of nitrogens with one attached hydrogen (secondary N) is 1.